The molecule has 0 aromatic carbocycles. The average molecular weight is 279 g/mol. The highest BCUT2D eigenvalue weighted by Gasteiger charge is 2.17. The number of nitrogens with one attached hydrogen (secondary N) is 1. The molecule has 1 aromatic rings. The predicted octanol–water partition coefficient (Wildman–Crippen LogP) is 1.44. The van der Waals surface area contributed by atoms with Gasteiger partial charge in [-0.25, -0.2) is 4.79 Å². The highest BCUT2D eigenvalue weighted by Crippen LogP contribution is 2.24. The predicted molar refractivity (Wildman–Crippen MR) is 71.7 cm³/mol. The Morgan fingerprint density at radius 1 is 1.53 bits per heavy atom. The molecule has 0 spiro atoms. The van der Waals surface area contributed by atoms with E-state index in [0.29, 0.717) is 5.00 Å². The van der Waals surface area contributed by atoms with Crippen LogP contribution in [0.2, 0.25) is 0 Å². The SMILES string of the molecule is COC(=O)c1ccsc1NC(=O)/C(C#N)=C/N(C)C. The van der Waals surface area contributed by atoms with Crippen molar-refractivity contribution in [2.45, 2.75) is 0 Å². The van der Waals surface area contributed by atoms with E-state index >= 15 is 0 Å². The van der Waals surface area contributed by atoms with Gasteiger partial charge in [0.05, 0.1) is 12.7 Å². The van der Waals surface area contributed by atoms with Gasteiger partial charge < -0.3 is 15.0 Å². The number of nitriles is 1. The standard InChI is InChI=1S/C12H13N3O3S/c1-15(2)7-8(6-13)10(16)14-11-9(4-5-19-11)12(17)18-3/h4-5,7H,1-3H3,(H,14,16)/b8-7+. The molecular weight excluding hydrogens is 266 g/mol. The summed E-state index contributed by atoms with van der Waals surface area (Å²) in [4.78, 5) is 24.9. The van der Waals surface area contributed by atoms with Gasteiger partial charge in [0.2, 0.25) is 0 Å². The van der Waals surface area contributed by atoms with Crippen LogP contribution in [0.3, 0.4) is 0 Å². The van der Waals surface area contributed by atoms with Gasteiger partial charge in [-0.2, -0.15) is 5.26 Å². The normalized spacial score (nSPS) is 10.5. The number of amides is 1. The molecule has 0 bridgehead atoms. The molecule has 1 aromatic heterocycles. The summed E-state index contributed by atoms with van der Waals surface area (Å²) < 4.78 is 4.60. The highest BCUT2D eigenvalue weighted by atomic mass is 32.1. The van der Waals surface area contributed by atoms with Crippen molar-refractivity contribution in [3.8, 4) is 6.07 Å². The Kier molecular flexibility index (Phi) is 5.09. The smallest absolute Gasteiger partial charge is 0.340 e. The molecule has 0 aliphatic rings. The van der Waals surface area contributed by atoms with Crippen LogP contribution < -0.4 is 5.32 Å². The zero-order valence-electron chi connectivity index (χ0n) is 10.8. The van der Waals surface area contributed by atoms with E-state index in [4.69, 9.17) is 5.26 Å². The van der Waals surface area contributed by atoms with E-state index in [-0.39, 0.29) is 11.1 Å². The third-order valence-corrected chi connectivity index (χ3v) is 2.88. The molecule has 7 heteroatoms. The molecule has 0 radical (unpaired) electrons. The minimum Gasteiger partial charge on any atom is -0.465 e. The van der Waals surface area contributed by atoms with Crippen LogP contribution in [0.15, 0.2) is 23.2 Å². The van der Waals surface area contributed by atoms with Gasteiger partial charge in [-0.15, -0.1) is 11.3 Å². The molecule has 1 amide bonds. The Balaban J connectivity index is 2.92. The number of hydrogen-bond donors (Lipinski definition) is 1. The maximum absolute atomic E-state index is 11.9. The molecule has 0 saturated carbocycles. The number of esters is 1. The zero-order chi connectivity index (χ0) is 14.4. The lowest BCUT2D eigenvalue weighted by atomic mass is 10.2. The summed E-state index contributed by atoms with van der Waals surface area (Å²) in [6, 6.07) is 3.35. The summed E-state index contributed by atoms with van der Waals surface area (Å²) >= 11 is 1.19. The van der Waals surface area contributed by atoms with E-state index in [1.807, 2.05) is 0 Å². The van der Waals surface area contributed by atoms with Gasteiger partial charge in [-0.3, -0.25) is 4.79 Å². The van der Waals surface area contributed by atoms with Gasteiger partial charge in [0.1, 0.15) is 16.6 Å². The number of carbonyl (C=O) groups excluding carboxylic acids is 2. The van der Waals surface area contributed by atoms with Crippen LogP contribution in [0.5, 0.6) is 0 Å². The third kappa shape index (κ3) is 3.82. The van der Waals surface area contributed by atoms with Gasteiger partial charge >= 0.3 is 5.97 Å². The van der Waals surface area contributed by atoms with Crippen molar-refractivity contribution in [3.05, 3.63) is 28.8 Å². The van der Waals surface area contributed by atoms with Crippen molar-refractivity contribution in [3.63, 3.8) is 0 Å². The summed E-state index contributed by atoms with van der Waals surface area (Å²) in [6.45, 7) is 0. The Hall–Kier alpha value is -2.33. The molecule has 100 valence electrons. The molecule has 1 N–H and O–H groups in total. The first-order valence-corrected chi connectivity index (χ1v) is 6.13. The number of carbonyl (C=O) groups is 2. The first kappa shape index (κ1) is 14.7. The Bertz CT molecular complexity index is 555. The number of nitrogens with zero attached hydrogens (tertiary/aromatic N) is 2. The second-order valence-corrected chi connectivity index (χ2v) is 4.64. The van der Waals surface area contributed by atoms with Gasteiger partial charge in [0, 0.05) is 20.3 Å². The second-order valence-electron chi connectivity index (χ2n) is 3.73. The quantitative estimate of drug-likeness (QED) is 0.512. The largest absolute Gasteiger partial charge is 0.465 e. The maximum atomic E-state index is 11.9. The number of ether oxygens (including phenoxy) is 1. The van der Waals surface area contributed by atoms with Crippen LogP contribution in [-0.2, 0) is 9.53 Å². The monoisotopic (exact) mass is 279 g/mol. The van der Waals surface area contributed by atoms with Crippen LogP contribution in [0, 0.1) is 11.3 Å². The van der Waals surface area contributed by atoms with Gasteiger partial charge in [-0.1, -0.05) is 0 Å². The molecule has 19 heavy (non-hydrogen) atoms. The number of thiophene rings is 1. The molecule has 1 heterocycles. The average Bonchev–Trinajstić information content (AvgIpc) is 2.82. The van der Waals surface area contributed by atoms with Crippen molar-refractivity contribution in [2.75, 3.05) is 26.5 Å². The van der Waals surface area contributed by atoms with E-state index < -0.39 is 11.9 Å². The molecule has 0 atom stereocenters. The first-order valence-electron chi connectivity index (χ1n) is 5.25. The molecule has 1 rings (SSSR count). The number of hydrogen-bond acceptors (Lipinski definition) is 6. The fourth-order valence-corrected chi connectivity index (χ4v) is 2.01. The summed E-state index contributed by atoms with van der Waals surface area (Å²) in [5.74, 6) is -1.10. The fraction of sp³-hybridized carbons (Fsp3) is 0.250. The minimum atomic E-state index is -0.566. The summed E-state index contributed by atoms with van der Waals surface area (Å²) in [5, 5.41) is 13.4. The van der Waals surface area contributed by atoms with Crippen LogP contribution in [0.4, 0.5) is 5.00 Å². The number of rotatable bonds is 4. The van der Waals surface area contributed by atoms with Crippen LogP contribution in [0.25, 0.3) is 0 Å². The maximum Gasteiger partial charge on any atom is 0.340 e. The summed E-state index contributed by atoms with van der Waals surface area (Å²) in [7, 11) is 4.67. The van der Waals surface area contributed by atoms with Gasteiger partial charge in [-0.05, 0) is 11.4 Å². The fourth-order valence-electron chi connectivity index (χ4n) is 1.24. The Labute approximate surface area is 114 Å². The zero-order valence-corrected chi connectivity index (χ0v) is 11.6. The van der Waals surface area contributed by atoms with Gasteiger partial charge in [0.25, 0.3) is 5.91 Å². The van der Waals surface area contributed by atoms with E-state index in [2.05, 4.69) is 10.1 Å². The van der Waals surface area contributed by atoms with E-state index in [9.17, 15) is 9.59 Å². The van der Waals surface area contributed by atoms with E-state index in [1.54, 1.807) is 36.5 Å². The minimum absolute atomic E-state index is 0.0470. The Morgan fingerprint density at radius 2 is 2.21 bits per heavy atom. The van der Waals surface area contributed by atoms with Crippen LogP contribution in [-0.4, -0.2) is 38.0 Å². The number of methoxy groups -OCH3 is 1. The second kappa shape index (κ2) is 6.56. The summed E-state index contributed by atoms with van der Waals surface area (Å²) in [5.41, 5.74) is 0.220. The van der Waals surface area contributed by atoms with E-state index in [0.717, 1.165) is 0 Å². The molecule has 0 unspecified atom stereocenters. The molecule has 0 aliphatic heterocycles. The van der Waals surface area contributed by atoms with Crippen LogP contribution >= 0.6 is 11.3 Å². The van der Waals surface area contributed by atoms with Gasteiger partial charge in [0.15, 0.2) is 0 Å². The molecular formula is C12H13N3O3S. The van der Waals surface area contributed by atoms with Crippen molar-refractivity contribution >= 4 is 28.2 Å². The van der Waals surface area contributed by atoms with Crippen molar-refractivity contribution in [1.82, 2.24) is 4.90 Å². The third-order valence-electron chi connectivity index (χ3n) is 2.05. The number of anilines is 1. The van der Waals surface area contributed by atoms with Crippen LogP contribution in [0.1, 0.15) is 10.4 Å². The Morgan fingerprint density at radius 3 is 2.74 bits per heavy atom. The van der Waals surface area contributed by atoms with E-state index in [1.165, 1.54) is 24.6 Å². The van der Waals surface area contributed by atoms with Crippen molar-refractivity contribution in [2.24, 2.45) is 0 Å². The van der Waals surface area contributed by atoms with Crippen molar-refractivity contribution in [1.29, 1.82) is 5.26 Å². The lowest BCUT2D eigenvalue weighted by molar-refractivity contribution is -0.112. The lowest BCUT2D eigenvalue weighted by Crippen LogP contribution is -2.17. The molecule has 0 saturated heterocycles. The van der Waals surface area contributed by atoms with Crippen molar-refractivity contribution < 1.29 is 14.3 Å². The molecule has 0 fully saturated rings. The lowest BCUT2D eigenvalue weighted by Gasteiger charge is -2.07. The first-order chi connectivity index (χ1) is 8.99. The molecule has 6 nitrogen and oxygen atoms in total. The molecule has 0 aliphatic carbocycles. The summed E-state index contributed by atoms with van der Waals surface area (Å²) in [6.07, 6.45) is 1.40. The topological polar surface area (TPSA) is 82.4 Å². The highest BCUT2D eigenvalue weighted by molar-refractivity contribution is 7.14.